The molecule has 0 aliphatic carbocycles. The van der Waals surface area contributed by atoms with E-state index in [1.807, 2.05) is 24.3 Å². The summed E-state index contributed by atoms with van der Waals surface area (Å²) < 4.78 is 6.82. The first kappa shape index (κ1) is 23.4. The van der Waals surface area contributed by atoms with Crippen LogP contribution >= 0.6 is 23.5 Å². The standard InChI is InChI=1S/C25H20N4O3S2/c1-32-18-8-6-7-17(15-18)29-24(31)19-9-2-3-10-20(19)28-25(29)34-16-23(30)27-21-11-4-5-12-22(21)33-14-13-26/h2-12,15H,14,16H2,1H3,(H,27,30). The van der Waals surface area contributed by atoms with Crippen LogP contribution in [-0.2, 0) is 4.79 Å². The van der Waals surface area contributed by atoms with Gasteiger partial charge in [-0.15, -0.1) is 11.8 Å². The third-order valence-electron chi connectivity index (χ3n) is 4.84. The maximum atomic E-state index is 13.4. The van der Waals surface area contributed by atoms with Gasteiger partial charge in [0, 0.05) is 11.0 Å². The van der Waals surface area contributed by atoms with Crippen molar-refractivity contribution in [2.75, 3.05) is 23.9 Å². The Balaban J connectivity index is 1.64. The number of methoxy groups -OCH3 is 1. The summed E-state index contributed by atoms with van der Waals surface area (Å²) in [6.45, 7) is 0. The molecule has 0 fully saturated rings. The summed E-state index contributed by atoms with van der Waals surface area (Å²) in [4.78, 5) is 31.6. The zero-order valence-electron chi connectivity index (χ0n) is 18.2. The van der Waals surface area contributed by atoms with Gasteiger partial charge < -0.3 is 10.1 Å². The van der Waals surface area contributed by atoms with Crippen LogP contribution in [0.2, 0.25) is 0 Å². The van der Waals surface area contributed by atoms with E-state index in [0.29, 0.717) is 33.2 Å². The zero-order valence-corrected chi connectivity index (χ0v) is 19.9. The molecule has 1 amide bonds. The SMILES string of the molecule is COc1cccc(-n2c(SCC(=O)Nc3ccccc3SCC#N)nc3ccccc3c2=O)c1. The average molecular weight is 489 g/mol. The van der Waals surface area contributed by atoms with Crippen molar-refractivity contribution in [3.63, 3.8) is 0 Å². The second-order valence-corrected chi connectivity index (χ2v) is 8.99. The average Bonchev–Trinajstić information content (AvgIpc) is 2.87. The minimum atomic E-state index is -0.241. The molecule has 4 aromatic rings. The van der Waals surface area contributed by atoms with Crippen LogP contribution in [0.4, 0.5) is 5.69 Å². The molecule has 7 nitrogen and oxygen atoms in total. The number of fused-ring (bicyclic) bond motifs is 1. The molecule has 9 heteroatoms. The molecule has 170 valence electrons. The first-order valence-corrected chi connectivity index (χ1v) is 12.3. The highest BCUT2D eigenvalue weighted by Crippen LogP contribution is 2.28. The Morgan fingerprint density at radius 1 is 1.09 bits per heavy atom. The minimum absolute atomic E-state index is 0.0476. The van der Waals surface area contributed by atoms with Crippen molar-refractivity contribution in [1.29, 1.82) is 5.26 Å². The van der Waals surface area contributed by atoms with Crippen LogP contribution < -0.4 is 15.6 Å². The lowest BCUT2D eigenvalue weighted by atomic mass is 10.2. The highest BCUT2D eigenvalue weighted by atomic mass is 32.2. The summed E-state index contributed by atoms with van der Waals surface area (Å²) in [6, 6.07) is 23.7. The molecule has 0 saturated heterocycles. The van der Waals surface area contributed by atoms with E-state index in [0.717, 1.165) is 4.90 Å². The van der Waals surface area contributed by atoms with Crippen LogP contribution in [0.15, 0.2) is 87.6 Å². The van der Waals surface area contributed by atoms with Gasteiger partial charge in [-0.25, -0.2) is 4.98 Å². The van der Waals surface area contributed by atoms with Gasteiger partial charge >= 0.3 is 0 Å². The Hall–Kier alpha value is -3.74. The lowest BCUT2D eigenvalue weighted by Crippen LogP contribution is -2.23. The molecule has 4 rings (SSSR count). The van der Waals surface area contributed by atoms with Gasteiger partial charge in [0.15, 0.2) is 5.16 Å². The fraction of sp³-hybridized carbons (Fsp3) is 0.120. The summed E-state index contributed by atoms with van der Waals surface area (Å²) in [7, 11) is 1.56. The number of hydrogen-bond acceptors (Lipinski definition) is 7. The number of nitrogens with one attached hydrogen (secondary N) is 1. The second-order valence-electron chi connectivity index (χ2n) is 7.03. The van der Waals surface area contributed by atoms with E-state index in [9.17, 15) is 9.59 Å². The fourth-order valence-electron chi connectivity index (χ4n) is 3.31. The Labute approximate surface area is 204 Å². The van der Waals surface area contributed by atoms with Crippen molar-refractivity contribution in [3.8, 4) is 17.5 Å². The number of amides is 1. The molecule has 1 heterocycles. The molecule has 3 aromatic carbocycles. The summed E-state index contributed by atoms with van der Waals surface area (Å²) in [5.74, 6) is 0.703. The van der Waals surface area contributed by atoms with Crippen LogP contribution in [0.25, 0.3) is 16.6 Å². The van der Waals surface area contributed by atoms with Crippen molar-refractivity contribution < 1.29 is 9.53 Å². The Morgan fingerprint density at radius 3 is 2.71 bits per heavy atom. The van der Waals surface area contributed by atoms with Crippen LogP contribution in [-0.4, -0.2) is 34.1 Å². The number of aromatic nitrogens is 2. The lowest BCUT2D eigenvalue weighted by molar-refractivity contribution is -0.113. The number of carbonyl (C=O) groups is 1. The summed E-state index contributed by atoms with van der Waals surface area (Å²) in [6.07, 6.45) is 0. The number of nitriles is 1. The van der Waals surface area contributed by atoms with Crippen molar-refractivity contribution in [2.45, 2.75) is 10.1 Å². The van der Waals surface area contributed by atoms with Crippen LogP contribution in [0.5, 0.6) is 5.75 Å². The van der Waals surface area contributed by atoms with Gasteiger partial charge in [0.05, 0.1) is 47.0 Å². The maximum Gasteiger partial charge on any atom is 0.266 e. The minimum Gasteiger partial charge on any atom is -0.497 e. The number of ether oxygens (including phenoxy) is 1. The monoisotopic (exact) mass is 488 g/mol. The third-order valence-corrected chi connectivity index (χ3v) is 6.72. The highest BCUT2D eigenvalue weighted by molar-refractivity contribution is 8.00. The van der Waals surface area contributed by atoms with E-state index in [1.165, 1.54) is 28.1 Å². The molecule has 0 saturated carbocycles. The smallest absolute Gasteiger partial charge is 0.266 e. The summed E-state index contributed by atoms with van der Waals surface area (Å²) in [5.41, 5.74) is 1.58. The van der Waals surface area contributed by atoms with Crippen molar-refractivity contribution in [2.24, 2.45) is 0 Å². The van der Waals surface area contributed by atoms with E-state index in [1.54, 1.807) is 55.6 Å². The highest BCUT2D eigenvalue weighted by Gasteiger charge is 2.16. The number of benzene rings is 3. The number of rotatable bonds is 8. The van der Waals surface area contributed by atoms with E-state index >= 15 is 0 Å². The predicted octanol–water partition coefficient (Wildman–Crippen LogP) is 4.74. The molecule has 0 radical (unpaired) electrons. The predicted molar refractivity (Wildman–Crippen MR) is 136 cm³/mol. The van der Waals surface area contributed by atoms with Crippen LogP contribution in [0.1, 0.15) is 0 Å². The zero-order chi connectivity index (χ0) is 23.9. The molecule has 0 unspecified atom stereocenters. The van der Waals surface area contributed by atoms with Gasteiger partial charge in [0.2, 0.25) is 5.91 Å². The lowest BCUT2D eigenvalue weighted by Gasteiger charge is -2.14. The van der Waals surface area contributed by atoms with Gasteiger partial charge in [0.1, 0.15) is 5.75 Å². The molecule has 0 spiro atoms. The first-order chi connectivity index (χ1) is 16.6. The largest absolute Gasteiger partial charge is 0.497 e. The van der Waals surface area contributed by atoms with Gasteiger partial charge in [0.25, 0.3) is 5.56 Å². The molecule has 0 aliphatic rings. The Bertz CT molecular complexity index is 1450. The van der Waals surface area contributed by atoms with Crippen molar-refractivity contribution in [1.82, 2.24) is 9.55 Å². The van der Waals surface area contributed by atoms with Crippen molar-refractivity contribution >= 4 is 46.0 Å². The molecule has 0 bridgehead atoms. The maximum absolute atomic E-state index is 13.4. The number of anilines is 1. The van der Waals surface area contributed by atoms with Crippen molar-refractivity contribution in [3.05, 3.63) is 83.2 Å². The van der Waals surface area contributed by atoms with Gasteiger partial charge in [-0.2, -0.15) is 5.26 Å². The van der Waals surface area contributed by atoms with Gasteiger partial charge in [-0.1, -0.05) is 42.1 Å². The van der Waals surface area contributed by atoms with Crippen LogP contribution in [0.3, 0.4) is 0 Å². The number of carbonyl (C=O) groups excluding carboxylic acids is 1. The number of thioether (sulfide) groups is 2. The Morgan fingerprint density at radius 2 is 1.88 bits per heavy atom. The summed E-state index contributed by atoms with van der Waals surface area (Å²) in [5, 5.41) is 12.6. The second kappa shape index (κ2) is 10.9. The molecule has 1 N–H and O–H groups in total. The van der Waals surface area contributed by atoms with Crippen LogP contribution in [0, 0.1) is 11.3 Å². The normalized spacial score (nSPS) is 10.6. The van der Waals surface area contributed by atoms with E-state index in [4.69, 9.17) is 10.00 Å². The number of para-hydroxylation sites is 2. The topological polar surface area (TPSA) is 97.0 Å². The molecule has 1 aromatic heterocycles. The van der Waals surface area contributed by atoms with E-state index in [-0.39, 0.29) is 23.0 Å². The Kier molecular flexibility index (Phi) is 7.52. The third kappa shape index (κ3) is 5.25. The number of hydrogen-bond donors (Lipinski definition) is 1. The fourth-order valence-corrected chi connectivity index (χ4v) is 4.79. The first-order valence-electron chi connectivity index (χ1n) is 10.3. The summed E-state index contributed by atoms with van der Waals surface area (Å²) >= 11 is 2.53. The molecular formula is C25H20N4O3S2. The quantitative estimate of drug-likeness (QED) is 0.283. The number of nitrogens with zero attached hydrogens (tertiary/aromatic N) is 3. The molecular weight excluding hydrogens is 468 g/mol. The van der Waals surface area contributed by atoms with Gasteiger partial charge in [-0.05, 0) is 36.4 Å². The van der Waals surface area contributed by atoms with E-state index in [2.05, 4.69) is 16.4 Å². The van der Waals surface area contributed by atoms with E-state index < -0.39 is 0 Å². The molecule has 0 atom stereocenters. The molecule has 34 heavy (non-hydrogen) atoms. The molecule has 0 aliphatic heterocycles. The van der Waals surface area contributed by atoms with Gasteiger partial charge in [-0.3, -0.25) is 14.2 Å².